The highest BCUT2D eigenvalue weighted by Crippen LogP contribution is 2.41. The molecule has 1 saturated carbocycles. The summed E-state index contributed by atoms with van der Waals surface area (Å²) in [7, 11) is 4.07. The molecule has 1 aromatic rings. The topological polar surface area (TPSA) is 35.6 Å². The molecular weight excluding hydrogens is 310 g/mol. The minimum absolute atomic E-state index is 0.0541. The van der Waals surface area contributed by atoms with Gasteiger partial charge in [-0.3, -0.25) is 0 Å². The van der Waals surface area contributed by atoms with Crippen LogP contribution in [-0.2, 0) is 0 Å². The van der Waals surface area contributed by atoms with Crippen molar-refractivity contribution in [2.24, 2.45) is 5.92 Å². The fraction of sp³-hybridized carbons (Fsp3) is 0.611. The zero-order chi connectivity index (χ0) is 16.4. The van der Waals surface area contributed by atoms with Crippen LogP contribution in [0.3, 0.4) is 0 Å². The Morgan fingerprint density at radius 2 is 2.13 bits per heavy atom. The summed E-state index contributed by atoms with van der Waals surface area (Å²) in [6.07, 6.45) is 3.37. The third-order valence-corrected chi connectivity index (χ3v) is 5.33. The highest BCUT2D eigenvalue weighted by atomic mass is 35.5. The molecule has 0 unspecified atom stereocenters. The largest absolute Gasteiger partial charge is 0.335 e. The smallest absolute Gasteiger partial charge is 0.317 e. The molecule has 0 radical (unpaired) electrons. The number of nitrogens with one attached hydrogen (secondary N) is 1. The van der Waals surface area contributed by atoms with Gasteiger partial charge in [-0.1, -0.05) is 23.7 Å². The van der Waals surface area contributed by atoms with Gasteiger partial charge in [-0.2, -0.15) is 0 Å². The molecule has 2 atom stereocenters. The summed E-state index contributed by atoms with van der Waals surface area (Å²) in [4.78, 5) is 16.6. The number of hydrogen-bond acceptors (Lipinski definition) is 2. The van der Waals surface area contributed by atoms with Crippen molar-refractivity contribution in [2.45, 2.75) is 31.2 Å². The van der Waals surface area contributed by atoms with E-state index in [9.17, 15) is 4.79 Å². The second-order valence-electron chi connectivity index (χ2n) is 7.08. The van der Waals surface area contributed by atoms with Gasteiger partial charge < -0.3 is 15.1 Å². The Balaban J connectivity index is 1.44. The number of benzene rings is 1. The zero-order valence-electron chi connectivity index (χ0n) is 14.0. The average molecular weight is 336 g/mol. The predicted molar refractivity (Wildman–Crippen MR) is 94.0 cm³/mol. The molecular formula is C18H26ClN3O. The molecule has 1 saturated heterocycles. The Morgan fingerprint density at radius 1 is 1.39 bits per heavy atom. The maximum atomic E-state index is 12.4. The number of urea groups is 1. The van der Waals surface area contributed by atoms with Crippen molar-refractivity contribution in [1.82, 2.24) is 15.1 Å². The van der Waals surface area contributed by atoms with Gasteiger partial charge in [0.25, 0.3) is 0 Å². The number of amides is 2. The van der Waals surface area contributed by atoms with Gasteiger partial charge >= 0.3 is 6.03 Å². The van der Waals surface area contributed by atoms with Crippen LogP contribution in [0.15, 0.2) is 24.3 Å². The summed E-state index contributed by atoms with van der Waals surface area (Å²) >= 11 is 6.04. The Labute approximate surface area is 143 Å². The van der Waals surface area contributed by atoms with Crippen LogP contribution >= 0.6 is 11.6 Å². The second-order valence-corrected chi connectivity index (χ2v) is 7.52. The van der Waals surface area contributed by atoms with E-state index in [-0.39, 0.29) is 12.1 Å². The standard InChI is InChI=1S/C18H26ClN3O/c1-21-8-6-13(7-9-21)12-22(2)18(23)20-17-11-16(17)14-4-3-5-15(19)10-14/h3-5,10,13,16-17H,6-9,11-12H2,1-2H3,(H,20,23)/t16-,17+/m1/s1. The highest BCUT2D eigenvalue weighted by molar-refractivity contribution is 6.30. The molecule has 1 aliphatic carbocycles. The number of piperidine rings is 1. The van der Waals surface area contributed by atoms with E-state index in [0.29, 0.717) is 11.8 Å². The van der Waals surface area contributed by atoms with Gasteiger partial charge in [0, 0.05) is 30.6 Å². The van der Waals surface area contributed by atoms with Gasteiger partial charge in [-0.15, -0.1) is 0 Å². The molecule has 1 aliphatic heterocycles. The summed E-state index contributed by atoms with van der Waals surface area (Å²) in [6, 6.07) is 8.25. The van der Waals surface area contributed by atoms with Crippen molar-refractivity contribution in [3.8, 4) is 0 Å². The van der Waals surface area contributed by atoms with E-state index >= 15 is 0 Å². The first-order chi connectivity index (χ1) is 11.0. The Kier molecular flexibility index (Phi) is 5.12. The minimum Gasteiger partial charge on any atom is -0.335 e. The van der Waals surface area contributed by atoms with Crippen LogP contribution in [0, 0.1) is 5.92 Å². The molecule has 2 amide bonds. The molecule has 1 aromatic carbocycles. The Bertz CT molecular complexity index is 557. The first-order valence-electron chi connectivity index (χ1n) is 8.48. The number of carbonyl (C=O) groups is 1. The Hall–Kier alpha value is -1.26. The lowest BCUT2D eigenvalue weighted by molar-refractivity contribution is 0.170. The van der Waals surface area contributed by atoms with E-state index in [4.69, 9.17) is 11.6 Å². The van der Waals surface area contributed by atoms with Gasteiger partial charge in [0.1, 0.15) is 0 Å². The van der Waals surface area contributed by atoms with E-state index < -0.39 is 0 Å². The van der Waals surface area contributed by atoms with E-state index in [1.165, 1.54) is 18.4 Å². The summed E-state index contributed by atoms with van der Waals surface area (Å²) in [6.45, 7) is 3.13. The molecule has 3 rings (SSSR count). The summed E-state index contributed by atoms with van der Waals surface area (Å²) in [5.41, 5.74) is 1.22. The zero-order valence-corrected chi connectivity index (χ0v) is 14.7. The molecule has 1 N–H and O–H groups in total. The van der Waals surface area contributed by atoms with Crippen molar-refractivity contribution in [2.75, 3.05) is 33.7 Å². The lowest BCUT2D eigenvalue weighted by Gasteiger charge is -2.31. The van der Waals surface area contributed by atoms with E-state index in [1.54, 1.807) is 0 Å². The van der Waals surface area contributed by atoms with Crippen LogP contribution in [0.2, 0.25) is 5.02 Å². The van der Waals surface area contributed by atoms with E-state index in [1.807, 2.05) is 30.1 Å². The molecule has 4 nitrogen and oxygen atoms in total. The van der Waals surface area contributed by atoms with Gasteiger partial charge in [-0.25, -0.2) is 4.79 Å². The predicted octanol–water partition coefficient (Wildman–Crippen LogP) is 3.18. The van der Waals surface area contributed by atoms with Crippen LogP contribution in [0.5, 0.6) is 0 Å². The third kappa shape index (κ3) is 4.39. The normalized spacial score (nSPS) is 25.2. The van der Waals surface area contributed by atoms with Crippen molar-refractivity contribution >= 4 is 17.6 Å². The number of nitrogens with zero attached hydrogens (tertiary/aromatic N) is 2. The van der Waals surface area contributed by atoms with Crippen molar-refractivity contribution in [3.05, 3.63) is 34.9 Å². The van der Waals surface area contributed by atoms with Crippen molar-refractivity contribution in [1.29, 1.82) is 0 Å². The molecule has 1 heterocycles. The van der Waals surface area contributed by atoms with Crippen LogP contribution in [0.1, 0.15) is 30.7 Å². The van der Waals surface area contributed by atoms with Crippen LogP contribution in [0.4, 0.5) is 4.79 Å². The number of halogens is 1. The third-order valence-electron chi connectivity index (χ3n) is 5.09. The molecule has 2 fully saturated rings. The first-order valence-corrected chi connectivity index (χ1v) is 8.86. The SMILES string of the molecule is CN1CCC(CN(C)C(=O)N[C@H]2C[C@@H]2c2cccc(Cl)c2)CC1. The van der Waals surface area contributed by atoms with E-state index in [2.05, 4.69) is 23.3 Å². The molecule has 2 aliphatic rings. The summed E-state index contributed by atoms with van der Waals surface area (Å²) in [5, 5.41) is 3.92. The number of rotatable bonds is 4. The first kappa shape index (κ1) is 16.6. The maximum absolute atomic E-state index is 12.4. The van der Waals surface area contributed by atoms with Crippen LogP contribution < -0.4 is 5.32 Å². The number of carbonyl (C=O) groups excluding carboxylic acids is 1. The lowest BCUT2D eigenvalue weighted by atomic mass is 9.97. The monoisotopic (exact) mass is 335 g/mol. The molecule has 0 bridgehead atoms. The number of hydrogen-bond donors (Lipinski definition) is 1. The van der Waals surface area contributed by atoms with Crippen LogP contribution in [0.25, 0.3) is 0 Å². The molecule has 0 spiro atoms. The fourth-order valence-electron chi connectivity index (χ4n) is 3.44. The molecule has 23 heavy (non-hydrogen) atoms. The number of likely N-dealkylation sites (tertiary alicyclic amines) is 1. The quantitative estimate of drug-likeness (QED) is 0.917. The lowest BCUT2D eigenvalue weighted by Crippen LogP contribution is -2.43. The molecule has 126 valence electrons. The van der Waals surface area contributed by atoms with Gasteiger partial charge in [0.05, 0.1) is 0 Å². The maximum Gasteiger partial charge on any atom is 0.317 e. The Morgan fingerprint density at radius 3 is 2.83 bits per heavy atom. The van der Waals surface area contributed by atoms with Crippen molar-refractivity contribution < 1.29 is 4.79 Å². The average Bonchev–Trinajstić information content (AvgIpc) is 3.28. The highest BCUT2D eigenvalue weighted by Gasteiger charge is 2.40. The van der Waals surface area contributed by atoms with E-state index in [0.717, 1.165) is 31.1 Å². The van der Waals surface area contributed by atoms with Crippen molar-refractivity contribution in [3.63, 3.8) is 0 Å². The van der Waals surface area contributed by atoms with Gasteiger partial charge in [0.2, 0.25) is 0 Å². The molecule has 5 heteroatoms. The second kappa shape index (κ2) is 7.10. The summed E-state index contributed by atoms with van der Waals surface area (Å²) in [5.74, 6) is 1.04. The fourth-order valence-corrected chi connectivity index (χ4v) is 3.64. The summed E-state index contributed by atoms with van der Waals surface area (Å²) < 4.78 is 0. The minimum atomic E-state index is 0.0541. The van der Waals surface area contributed by atoms with Gasteiger partial charge in [0.15, 0.2) is 0 Å². The van der Waals surface area contributed by atoms with Gasteiger partial charge in [-0.05, 0) is 63.0 Å². The molecule has 0 aromatic heterocycles. The van der Waals surface area contributed by atoms with Crippen LogP contribution in [-0.4, -0.2) is 55.6 Å².